The number of rotatable bonds is 6. The third-order valence-corrected chi connectivity index (χ3v) is 8.20. The van der Waals surface area contributed by atoms with Crippen LogP contribution in [-0.2, 0) is 12.4 Å². The molecule has 0 fully saturated rings. The second-order valence-electron chi connectivity index (χ2n) is 10.1. The maximum absolute atomic E-state index is 12.9. The van der Waals surface area contributed by atoms with Gasteiger partial charge in [0.15, 0.2) is 0 Å². The summed E-state index contributed by atoms with van der Waals surface area (Å²) in [6.45, 7) is 7.78. The smallest absolute Gasteiger partial charge is 0.192 e. The minimum atomic E-state index is -4.92. The minimum Gasteiger partial charge on any atom is -0.192 e. The molecule has 4 aromatic rings. The fourth-order valence-electron chi connectivity index (χ4n) is 4.37. The van der Waals surface area contributed by atoms with Crippen molar-refractivity contribution in [1.29, 1.82) is 5.26 Å². The standard InChI is InChI=1S/C17H14F6N2S.C16H15N3S/c1-9-4-10(2)15(26-3)14(5-9)25-24-13-7-11(16(18,19)20)6-12(8-13)17(21,22)23;1-11-8-12(2)16(20-3)15(9-11)19-18-14-6-4-13(10-17)5-7-14/h4-8H,1-3H3;4-9H,1-3H3. The average molecular weight is 674 g/mol. The van der Waals surface area contributed by atoms with Gasteiger partial charge >= 0.3 is 12.4 Å². The lowest BCUT2D eigenvalue weighted by molar-refractivity contribution is -0.143. The monoisotopic (exact) mass is 673 g/mol. The molecule has 4 rings (SSSR count). The first-order chi connectivity index (χ1) is 21.5. The van der Waals surface area contributed by atoms with Gasteiger partial charge in [-0.15, -0.1) is 33.8 Å². The van der Waals surface area contributed by atoms with E-state index in [0.29, 0.717) is 23.4 Å². The zero-order valence-electron chi connectivity index (χ0n) is 25.7. The molecule has 0 saturated heterocycles. The number of halogens is 6. The van der Waals surface area contributed by atoms with E-state index in [0.717, 1.165) is 32.3 Å². The molecule has 0 amide bonds. The van der Waals surface area contributed by atoms with Gasteiger partial charge in [-0.05, 0) is 117 Å². The molecule has 240 valence electrons. The third kappa shape index (κ3) is 9.92. The molecule has 0 bridgehead atoms. The van der Waals surface area contributed by atoms with Crippen LogP contribution in [0.15, 0.2) is 97.0 Å². The number of hydrogen-bond donors (Lipinski definition) is 0. The molecule has 0 aliphatic heterocycles. The highest BCUT2D eigenvalue weighted by atomic mass is 32.2. The first-order valence-electron chi connectivity index (χ1n) is 13.5. The van der Waals surface area contributed by atoms with Gasteiger partial charge < -0.3 is 0 Å². The number of hydrogen-bond acceptors (Lipinski definition) is 7. The normalized spacial score (nSPS) is 11.9. The highest BCUT2D eigenvalue weighted by Gasteiger charge is 2.37. The number of thioether (sulfide) groups is 2. The van der Waals surface area contributed by atoms with Crippen molar-refractivity contribution >= 4 is 46.3 Å². The van der Waals surface area contributed by atoms with E-state index in [-0.39, 0.29) is 6.07 Å². The summed E-state index contributed by atoms with van der Waals surface area (Å²) >= 11 is 3.04. The van der Waals surface area contributed by atoms with Crippen molar-refractivity contribution in [3.05, 3.63) is 106 Å². The highest BCUT2D eigenvalue weighted by Crippen LogP contribution is 2.40. The zero-order chi connectivity index (χ0) is 34.2. The second-order valence-corrected chi connectivity index (χ2v) is 11.7. The van der Waals surface area contributed by atoms with Crippen LogP contribution < -0.4 is 0 Å². The number of nitriles is 1. The predicted octanol–water partition coefficient (Wildman–Crippen LogP) is 12.8. The summed E-state index contributed by atoms with van der Waals surface area (Å²) in [5.41, 5.74) is 3.42. The van der Waals surface area contributed by atoms with E-state index < -0.39 is 29.2 Å². The Morgan fingerprint density at radius 3 is 1.35 bits per heavy atom. The van der Waals surface area contributed by atoms with Gasteiger partial charge in [0.25, 0.3) is 0 Å². The van der Waals surface area contributed by atoms with E-state index in [1.165, 1.54) is 22.9 Å². The Morgan fingerprint density at radius 1 is 0.565 bits per heavy atom. The Kier molecular flexibility index (Phi) is 12.2. The molecule has 0 saturated carbocycles. The number of azo groups is 2. The van der Waals surface area contributed by atoms with Crippen molar-refractivity contribution in [2.24, 2.45) is 20.5 Å². The average Bonchev–Trinajstić information content (AvgIpc) is 2.98. The van der Waals surface area contributed by atoms with Crippen LogP contribution in [0.5, 0.6) is 0 Å². The topological polar surface area (TPSA) is 73.2 Å². The van der Waals surface area contributed by atoms with Crippen LogP contribution in [-0.4, -0.2) is 12.5 Å². The molecule has 0 aromatic heterocycles. The van der Waals surface area contributed by atoms with Gasteiger partial charge in [-0.1, -0.05) is 12.1 Å². The molecule has 4 aromatic carbocycles. The Labute approximate surface area is 271 Å². The molecule has 46 heavy (non-hydrogen) atoms. The molecular formula is C33H29F6N5S2. The Hall–Kier alpha value is -4.15. The van der Waals surface area contributed by atoms with E-state index in [1.807, 2.05) is 32.2 Å². The van der Waals surface area contributed by atoms with E-state index in [4.69, 9.17) is 5.26 Å². The van der Waals surface area contributed by atoms with E-state index in [1.54, 1.807) is 48.3 Å². The number of benzene rings is 4. The fraction of sp³-hybridized carbons (Fsp3) is 0.242. The van der Waals surface area contributed by atoms with Crippen molar-refractivity contribution in [3.8, 4) is 6.07 Å². The molecule has 0 spiro atoms. The van der Waals surface area contributed by atoms with Crippen LogP contribution >= 0.6 is 23.5 Å². The van der Waals surface area contributed by atoms with Gasteiger partial charge in [0, 0.05) is 9.79 Å². The lowest BCUT2D eigenvalue weighted by Gasteiger charge is -2.12. The van der Waals surface area contributed by atoms with Crippen LogP contribution in [0.3, 0.4) is 0 Å². The maximum Gasteiger partial charge on any atom is 0.416 e. The Bertz CT molecular complexity index is 1760. The molecular weight excluding hydrogens is 645 g/mol. The van der Waals surface area contributed by atoms with Gasteiger partial charge in [0.1, 0.15) is 0 Å². The van der Waals surface area contributed by atoms with Crippen LogP contribution in [0.1, 0.15) is 38.9 Å². The summed E-state index contributed by atoms with van der Waals surface area (Å²) in [6, 6.07) is 18.0. The molecule has 5 nitrogen and oxygen atoms in total. The van der Waals surface area contributed by atoms with Crippen LogP contribution in [0.4, 0.5) is 49.1 Å². The van der Waals surface area contributed by atoms with E-state index in [2.05, 4.69) is 46.4 Å². The second kappa shape index (κ2) is 15.4. The largest absolute Gasteiger partial charge is 0.416 e. The number of aryl methyl sites for hydroxylation is 4. The SMILES string of the molecule is CSc1c(C)cc(C)cc1N=Nc1cc(C(F)(F)F)cc(C(F)(F)F)c1.CSc1c(C)cc(C)cc1N=Nc1ccc(C#N)cc1. The van der Waals surface area contributed by atoms with Crippen LogP contribution in [0.25, 0.3) is 0 Å². The summed E-state index contributed by atoms with van der Waals surface area (Å²) in [7, 11) is 0. The predicted molar refractivity (Wildman–Crippen MR) is 171 cm³/mol. The van der Waals surface area contributed by atoms with E-state index in [9.17, 15) is 26.3 Å². The summed E-state index contributed by atoms with van der Waals surface area (Å²) < 4.78 is 77.3. The van der Waals surface area contributed by atoms with Crippen LogP contribution in [0.2, 0.25) is 0 Å². The Balaban J connectivity index is 0.000000259. The van der Waals surface area contributed by atoms with Gasteiger partial charge in [-0.3, -0.25) is 0 Å². The van der Waals surface area contributed by atoms with Crippen molar-refractivity contribution in [1.82, 2.24) is 0 Å². The summed E-state index contributed by atoms with van der Waals surface area (Å²) in [6.07, 6.45) is -6.01. The molecule has 0 heterocycles. The molecule has 0 aliphatic rings. The van der Waals surface area contributed by atoms with Crippen molar-refractivity contribution < 1.29 is 26.3 Å². The zero-order valence-corrected chi connectivity index (χ0v) is 27.3. The molecule has 13 heteroatoms. The van der Waals surface area contributed by atoms with Crippen molar-refractivity contribution in [2.75, 3.05) is 12.5 Å². The number of nitrogens with zero attached hydrogens (tertiary/aromatic N) is 5. The van der Waals surface area contributed by atoms with Gasteiger partial charge in [0.2, 0.25) is 0 Å². The molecule has 0 atom stereocenters. The third-order valence-electron chi connectivity index (χ3n) is 6.32. The van der Waals surface area contributed by atoms with Crippen molar-refractivity contribution in [2.45, 2.75) is 49.8 Å². The lowest BCUT2D eigenvalue weighted by Crippen LogP contribution is -2.10. The minimum absolute atomic E-state index is 0.0587. The first kappa shape index (κ1) is 36.3. The molecule has 0 radical (unpaired) electrons. The maximum atomic E-state index is 12.9. The summed E-state index contributed by atoms with van der Waals surface area (Å²) in [5, 5.41) is 24.9. The fourth-order valence-corrected chi connectivity index (χ4v) is 5.75. The van der Waals surface area contributed by atoms with Crippen LogP contribution in [0, 0.1) is 39.0 Å². The van der Waals surface area contributed by atoms with Crippen molar-refractivity contribution in [3.63, 3.8) is 0 Å². The van der Waals surface area contributed by atoms with E-state index >= 15 is 0 Å². The highest BCUT2D eigenvalue weighted by molar-refractivity contribution is 7.99. The lowest BCUT2D eigenvalue weighted by atomic mass is 10.1. The quantitative estimate of drug-likeness (QED) is 0.116. The molecule has 0 N–H and O–H groups in total. The van der Waals surface area contributed by atoms with Gasteiger partial charge in [-0.2, -0.15) is 41.8 Å². The van der Waals surface area contributed by atoms with Gasteiger partial charge in [-0.25, -0.2) is 0 Å². The Morgan fingerprint density at radius 2 is 0.978 bits per heavy atom. The number of alkyl halides is 6. The van der Waals surface area contributed by atoms with Gasteiger partial charge in [0.05, 0.1) is 45.5 Å². The summed E-state index contributed by atoms with van der Waals surface area (Å²) in [4.78, 5) is 1.90. The first-order valence-corrected chi connectivity index (χ1v) is 15.9. The molecule has 0 unspecified atom stereocenters. The summed E-state index contributed by atoms with van der Waals surface area (Å²) in [5.74, 6) is 0. The molecule has 0 aliphatic carbocycles.